The Hall–Kier alpha value is -2.41. The molecule has 1 aromatic carbocycles. The van der Waals surface area contributed by atoms with Gasteiger partial charge in [0.25, 0.3) is 5.89 Å². The molecule has 1 amide bonds. The van der Waals surface area contributed by atoms with Crippen LogP contribution in [0.15, 0.2) is 34.7 Å². The van der Waals surface area contributed by atoms with E-state index in [-0.39, 0.29) is 18.6 Å². The molecule has 1 fully saturated rings. The molecule has 1 aromatic heterocycles. The number of carbonyl (C=O) groups is 1. The van der Waals surface area contributed by atoms with E-state index >= 15 is 0 Å². The molecule has 1 saturated heterocycles. The van der Waals surface area contributed by atoms with E-state index in [1.165, 1.54) is 6.42 Å². The smallest absolute Gasteiger partial charge is 0.253 e. The van der Waals surface area contributed by atoms with Gasteiger partial charge in [0.15, 0.2) is 6.61 Å². The third-order valence-electron chi connectivity index (χ3n) is 4.65. The van der Waals surface area contributed by atoms with Crippen LogP contribution in [0.2, 0.25) is 0 Å². The van der Waals surface area contributed by atoms with Gasteiger partial charge in [-0.15, -0.1) is 10.2 Å². The molecule has 146 valence electrons. The van der Waals surface area contributed by atoms with Crippen molar-refractivity contribution in [1.29, 1.82) is 0 Å². The second-order valence-corrected chi connectivity index (χ2v) is 6.78. The Kier molecular flexibility index (Phi) is 7.21. The van der Waals surface area contributed by atoms with Gasteiger partial charge in [0.1, 0.15) is 5.75 Å². The van der Waals surface area contributed by atoms with Crippen LogP contribution in [0.25, 0.3) is 0 Å². The van der Waals surface area contributed by atoms with Gasteiger partial charge < -0.3 is 18.8 Å². The monoisotopic (exact) mass is 373 g/mol. The SMILES string of the molecule is CN(CC[C@H]1CCCCO1)C(=O)CCc1nnc(COc2ccccc2)o1. The van der Waals surface area contributed by atoms with Gasteiger partial charge in [0.2, 0.25) is 11.8 Å². The van der Waals surface area contributed by atoms with Crippen molar-refractivity contribution in [2.45, 2.75) is 51.2 Å². The summed E-state index contributed by atoms with van der Waals surface area (Å²) < 4.78 is 16.8. The summed E-state index contributed by atoms with van der Waals surface area (Å²) in [4.78, 5) is 14.0. The van der Waals surface area contributed by atoms with Gasteiger partial charge in [-0.2, -0.15) is 0 Å². The topological polar surface area (TPSA) is 77.7 Å². The second-order valence-electron chi connectivity index (χ2n) is 6.78. The minimum absolute atomic E-state index is 0.0751. The van der Waals surface area contributed by atoms with Gasteiger partial charge in [-0.1, -0.05) is 18.2 Å². The number of rotatable bonds is 9. The minimum atomic E-state index is 0.0751. The normalized spacial score (nSPS) is 16.9. The minimum Gasteiger partial charge on any atom is -0.484 e. The zero-order valence-corrected chi connectivity index (χ0v) is 15.8. The summed E-state index contributed by atoms with van der Waals surface area (Å²) in [7, 11) is 1.83. The predicted octanol–water partition coefficient (Wildman–Crippen LogP) is 3.00. The van der Waals surface area contributed by atoms with Gasteiger partial charge in [-0.3, -0.25) is 4.79 Å². The van der Waals surface area contributed by atoms with Crippen LogP contribution in [-0.2, 0) is 22.6 Å². The lowest BCUT2D eigenvalue weighted by atomic mass is 10.1. The molecule has 0 N–H and O–H groups in total. The molecule has 0 saturated carbocycles. The molecule has 2 aromatic rings. The van der Waals surface area contributed by atoms with Gasteiger partial charge in [-0.05, 0) is 37.8 Å². The van der Waals surface area contributed by atoms with Crippen molar-refractivity contribution in [2.24, 2.45) is 0 Å². The van der Waals surface area contributed by atoms with Crippen LogP contribution in [0.3, 0.4) is 0 Å². The summed E-state index contributed by atoms with van der Waals surface area (Å²) in [6, 6.07) is 9.45. The van der Waals surface area contributed by atoms with E-state index in [9.17, 15) is 4.79 Å². The lowest BCUT2D eigenvalue weighted by molar-refractivity contribution is -0.130. The van der Waals surface area contributed by atoms with Crippen LogP contribution >= 0.6 is 0 Å². The van der Waals surface area contributed by atoms with Gasteiger partial charge >= 0.3 is 0 Å². The highest BCUT2D eigenvalue weighted by Crippen LogP contribution is 2.16. The third kappa shape index (κ3) is 6.36. The summed E-state index contributed by atoms with van der Waals surface area (Å²) in [5.74, 6) is 1.69. The van der Waals surface area contributed by atoms with Gasteiger partial charge in [0.05, 0.1) is 6.10 Å². The van der Waals surface area contributed by atoms with Crippen molar-refractivity contribution in [3.05, 3.63) is 42.1 Å². The molecule has 27 heavy (non-hydrogen) atoms. The van der Waals surface area contributed by atoms with Crippen molar-refractivity contribution < 1.29 is 18.7 Å². The first-order chi connectivity index (χ1) is 13.2. The summed E-state index contributed by atoms with van der Waals surface area (Å²) in [5, 5.41) is 7.96. The lowest BCUT2D eigenvalue weighted by Crippen LogP contribution is -2.31. The number of para-hydroxylation sites is 1. The molecule has 0 bridgehead atoms. The molecule has 0 spiro atoms. The van der Waals surface area contributed by atoms with Crippen molar-refractivity contribution in [3.63, 3.8) is 0 Å². The highest BCUT2D eigenvalue weighted by atomic mass is 16.5. The highest BCUT2D eigenvalue weighted by Gasteiger charge is 2.17. The van der Waals surface area contributed by atoms with Crippen LogP contribution in [0.4, 0.5) is 0 Å². The number of aryl methyl sites for hydroxylation is 1. The molecule has 1 atom stereocenters. The summed E-state index contributed by atoms with van der Waals surface area (Å²) in [6.45, 7) is 1.77. The number of benzene rings is 1. The largest absolute Gasteiger partial charge is 0.484 e. The van der Waals surface area contributed by atoms with E-state index in [0.717, 1.165) is 31.6 Å². The van der Waals surface area contributed by atoms with Crippen molar-refractivity contribution in [2.75, 3.05) is 20.2 Å². The molecular formula is C20H27N3O4. The molecule has 0 radical (unpaired) electrons. The molecule has 1 aliphatic rings. The quantitative estimate of drug-likeness (QED) is 0.672. The Bertz CT molecular complexity index is 698. The zero-order valence-electron chi connectivity index (χ0n) is 15.8. The highest BCUT2D eigenvalue weighted by molar-refractivity contribution is 5.75. The fourth-order valence-electron chi connectivity index (χ4n) is 3.01. The van der Waals surface area contributed by atoms with Crippen LogP contribution < -0.4 is 4.74 Å². The zero-order chi connectivity index (χ0) is 18.9. The first kappa shape index (κ1) is 19.4. The van der Waals surface area contributed by atoms with E-state index in [4.69, 9.17) is 13.9 Å². The van der Waals surface area contributed by atoms with Crippen molar-refractivity contribution >= 4 is 5.91 Å². The number of carbonyl (C=O) groups excluding carboxylic acids is 1. The fraction of sp³-hybridized carbons (Fsp3) is 0.550. The van der Waals surface area contributed by atoms with Crippen LogP contribution in [0.5, 0.6) is 5.75 Å². The maximum atomic E-state index is 12.3. The number of hydrogen-bond acceptors (Lipinski definition) is 6. The molecular weight excluding hydrogens is 346 g/mol. The van der Waals surface area contributed by atoms with Crippen molar-refractivity contribution in [3.8, 4) is 5.75 Å². The average molecular weight is 373 g/mol. The first-order valence-electron chi connectivity index (χ1n) is 9.55. The third-order valence-corrected chi connectivity index (χ3v) is 4.65. The Morgan fingerprint density at radius 1 is 1.22 bits per heavy atom. The maximum absolute atomic E-state index is 12.3. The van der Waals surface area contributed by atoms with E-state index in [1.54, 1.807) is 4.90 Å². The Morgan fingerprint density at radius 3 is 2.81 bits per heavy atom. The summed E-state index contributed by atoms with van der Waals surface area (Å²) in [6.07, 6.45) is 5.42. The molecule has 0 unspecified atom stereocenters. The van der Waals surface area contributed by atoms with Gasteiger partial charge in [-0.25, -0.2) is 0 Å². The average Bonchev–Trinajstić information content (AvgIpc) is 3.18. The molecule has 7 heteroatoms. The number of ether oxygens (including phenoxy) is 2. The Morgan fingerprint density at radius 2 is 2.04 bits per heavy atom. The molecule has 3 rings (SSSR count). The predicted molar refractivity (Wildman–Crippen MR) is 99.2 cm³/mol. The number of amides is 1. The molecule has 0 aliphatic carbocycles. The summed E-state index contributed by atoms with van der Waals surface area (Å²) in [5.41, 5.74) is 0. The van der Waals surface area contributed by atoms with Gasteiger partial charge in [0, 0.05) is 33.0 Å². The van der Waals surface area contributed by atoms with Crippen LogP contribution in [0.1, 0.15) is 43.9 Å². The lowest BCUT2D eigenvalue weighted by Gasteiger charge is -2.25. The van der Waals surface area contributed by atoms with E-state index in [2.05, 4.69) is 10.2 Å². The number of nitrogens with zero attached hydrogens (tertiary/aromatic N) is 3. The van der Waals surface area contributed by atoms with Crippen LogP contribution in [-0.4, -0.2) is 47.3 Å². The standard InChI is InChI=1S/C20H27N3O4/c1-23(13-12-17-9-5-6-14-25-17)20(24)11-10-18-21-22-19(27-18)15-26-16-7-3-2-4-8-16/h2-4,7-8,17H,5-6,9-15H2,1H3/t17-/m1/s1. The maximum Gasteiger partial charge on any atom is 0.253 e. The molecule has 7 nitrogen and oxygen atoms in total. The van der Waals surface area contributed by atoms with E-state index < -0.39 is 0 Å². The number of hydrogen-bond donors (Lipinski definition) is 0. The van der Waals surface area contributed by atoms with Crippen LogP contribution in [0, 0.1) is 0 Å². The fourth-order valence-corrected chi connectivity index (χ4v) is 3.01. The Labute approximate surface area is 159 Å². The Balaban J connectivity index is 1.36. The second kappa shape index (κ2) is 10.1. The molecule has 2 heterocycles. The van der Waals surface area contributed by atoms with E-state index in [1.807, 2.05) is 37.4 Å². The van der Waals surface area contributed by atoms with E-state index in [0.29, 0.717) is 31.2 Å². The van der Waals surface area contributed by atoms with Crippen molar-refractivity contribution in [1.82, 2.24) is 15.1 Å². The first-order valence-corrected chi connectivity index (χ1v) is 9.55. The summed E-state index contributed by atoms with van der Waals surface area (Å²) >= 11 is 0. The molecule has 1 aliphatic heterocycles. The number of aromatic nitrogens is 2.